The molecule has 2 aromatic carbocycles. The maximum atomic E-state index is 13.3. The Labute approximate surface area is 174 Å². The van der Waals surface area contributed by atoms with Crippen LogP contribution >= 0.6 is 0 Å². The summed E-state index contributed by atoms with van der Waals surface area (Å²) in [5.41, 5.74) is 1.05. The van der Waals surface area contributed by atoms with E-state index in [0.717, 1.165) is 36.4 Å². The van der Waals surface area contributed by atoms with Crippen LogP contribution in [0.25, 0.3) is 0 Å². The summed E-state index contributed by atoms with van der Waals surface area (Å²) in [6, 6.07) is 17.6. The molecule has 29 heavy (non-hydrogen) atoms. The molecule has 1 fully saturated rings. The van der Waals surface area contributed by atoms with Gasteiger partial charge in [0.15, 0.2) is 11.5 Å². The molecule has 1 aliphatic heterocycles. The number of benzene rings is 2. The number of para-hydroxylation sites is 2. The molecular formula is C24H32N2O3. The molecule has 1 heterocycles. The number of amides is 1. The van der Waals surface area contributed by atoms with Crippen LogP contribution in [-0.2, 0) is 4.79 Å². The summed E-state index contributed by atoms with van der Waals surface area (Å²) in [4.78, 5) is 17.4. The number of hydrogen-bond donors (Lipinski definition) is 0. The highest BCUT2D eigenvalue weighted by Crippen LogP contribution is 2.30. The Kier molecular flexibility index (Phi) is 7.53. The van der Waals surface area contributed by atoms with Gasteiger partial charge in [-0.25, -0.2) is 0 Å². The van der Waals surface area contributed by atoms with Gasteiger partial charge in [0.05, 0.1) is 6.61 Å². The third-order valence-corrected chi connectivity index (χ3v) is 5.49. The van der Waals surface area contributed by atoms with Gasteiger partial charge < -0.3 is 14.4 Å². The smallest absolute Gasteiger partial charge is 0.244 e. The lowest BCUT2D eigenvalue weighted by atomic mass is 10.0. The number of ether oxygens (including phenoxy) is 2. The molecule has 5 nitrogen and oxygen atoms in total. The molecule has 0 aromatic heterocycles. The van der Waals surface area contributed by atoms with Crippen molar-refractivity contribution in [2.75, 3.05) is 33.3 Å². The normalized spacial score (nSPS) is 15.9. The minimum Gasteiger partial charge on any atom is -0.490 e. The molecule has 5 heteroatoms. The fourth-order valence-electron chi connectivity index (χ4n) is 3.77. The van der Waals surface area contributed by atoms with E-state index in [1.165, 1.54) is 0 Å². The Morgan fingerprint density at radius 2 is 1.66 bits per heavy atom. The number of rotatable bonds is 8. The minimum atomic E-state index is -0.239. The van der Waals surface area contributed by atoms with Gasteiger partial charge in [0, 0.05) is 25.9 Å². The van der Waals surface area contributed by atoms with Gasteiger partial charge in [-0.1, -0.05) is 49.4 Å². The molecular weight excluding hydrogens is 364 g/mol. The maximum Gasteiger partial charge on any atom is 0.244 e. The molecule has 0 bridgehead atoms. The van der Waals surface area contributed by atoms with E-state index in [0.29, 0.717) is 19.7 Å². The lowest BCUT2D eigenvalue weighted by molar-refractivity contribution is -0.138. The fraction of sp³-hybridized carbons (Fsp3) is 0.458. The highest BCUT2D eigenvalue weighted by Gasteiger charge is 2.32. The lowest BCUT2D eigenvalue weighted by Gasteiger charge is -2.36. The van der Waals surface area contributed by atoms with Crippen molar-refractivity contribution in [2.45, 2.75) is 38.8 Å². The van der Waals surface area contributed by atoms with Gasteiger partial charge in [-0.15, -0.1) is 0 Å². The summed E-state index contributed by atoms with van der Waals surface area (Å²) in [5.74, 6) is 1.74. The second-order valence-corrected chi connectivity index (χ2v) is 7.41. The molecule has 3 rings (SSSR count). The Morgan fingerprint density at radius 1 is 1.03 bits per heavy atom. The van der Waals surface area contributed by atoms with Crippen molar-refractivity contribution >= 4 is 5.91 Å². The van der Waals surface area contributed by atoms with Crippen molar-refractivity contribution in [2.24, 2.45) is 0 Å². The number of likely N-dealkylation sites (tertiary alicyclic amines) is 1. The van der Waals surface area contributed by atoms with Gasteiger partial charge in [-0.05, 0) is 38.2 Å². The third-order valence-electron chi connectivity index (χ3n) is 5.49. The molecule has 0 saturated carbocycles. The van der Waals surface area contributed by atoms with Crippen LogP contribution in [0.5, 0.6) is 11.5 Å². The van der Waals surface area contributed by atoms with Crippen molar-refractivity contribution in [1.29, 1.82) is 0 Å². The predicted octanol–water partition coefficient (Wildman–Crippen LogP) is 4.15. The zero-order valence-corrected chi connectivity index (χ0v) is 17.7. The lowest BCUT2D eigenvalue weighted by Crippen LogP contribution is -2.47. The topological polar surface area (TPSA) is 42.0 Å². The van der Waals surface area contributed by atoms with Crippen LogP contribution in [0, 0.1) is 0 Å². The van der Waals surface area contributed by atoms with E-state index in [-0.39, 0.29) is 18.1 Å². The molecule has 2 aromatic rings. The summed E-state index contributed by atoms with van der Waals surface area (Å²) in [6.07, 6.45) is 1.74. The Bertz CT molecular complexity index is 773. The van der Waals surface area contributed by atoms with Crippen LogP contribution in [0.4, 0.5) is 0 Å². The second kappa shape index (κ2) is 10.3. The summed E-state index contributed by atoms with van der Waals surface area (Å²) in [7, 11) is 2.01. The fourth-order valence-corrected chi connectivity index (χ4v) is 3.77. The highest BCUT2D eigenvalue weighted by atomic mass is 16.5. The molecule has 0 aliphatic carbocycles. The van der Waals surface area contributed by atoms with Gasteiger partial charge in [-0.2, -0.15) is 0 Å². The average molecular weight is 397 g/mol. The molecule has 1 atom stereocenters. The van der Waals surface area contributed by atoms with E-state index >= 15 is 0 Å². The van der Waals surface area contributed by atoms with E-state index in [9.17, 15) is 4.79 Å². The Balaban J connectivity index is 1.63. The van der Waals surface area contributed by atoms with Crippen molar-refractivity contribution in [3.05, 3.63) is 60.2 Å². The highest BCUT2D eigenvalue weighted by molar-refractivity contribution is 5.83. The SMILES string of the molecule is CCOc1ccccc1OC1CCN(C(=O)C(c2ccccc2)N(C)CC)CC1. The second-order valence-electron chi connectivity index (χ2n) is 7.41. The molecule has 1 aliphatic rings. The maximum absolute atomic E-state index is 13.3. The molecule has 0 spiro atoms. The van der Waals surface area contributed by atoms with E-state index in [1.54, 1.807) is 0 Å². The van der Waals surface area contributed by atoms with Gasteiger partial charge in [-0.3, -0.25) is 9.69 Å². The third kappa shape index (κ3) is 5.30. The Hall–Kier alpha value is -2.53. The number of nitrogens with zero attached hydrogens (tertiary/aromatic N) is 2. The van der Waals surface area contributed by atoms with Crippen molar-refractivity contribution in [3.8, 4) is 11.5 Å². The molecule has 1 amide bonds. The average Bonchev–Trinajstić information content (AvgIpc) is 2.76. The van der Waals surface area contributed by atoms with E-state index < -0.39 is 0 Å². The van der Waals surface area contributed by atoms with Gasteiger partial charge in [0.1, 0.15) is 12.1 Å². The van der Waals surface area contributed by atoms with Crippen LogP contribution in [-0.4, -0.2) is 55.1 Å². The van der Waals surface area contributed by atoms with Crippen LogP contribution in [0.2, 0.25) is 0 Å². The van der Waals surface area contributed by atoms with E-state index in [2.05, 4.69) is 11.8 Å². The number of piperidine rings is 1. The van der Waals surface area contributed by atoms with E-state index in [4.69, 9.17) is 9.47 Å². The summed E-state index contributed by atoms with van der Waals surface area (Å²) in [5, 5.41) is 0. The molecule has 0 N–H and O–H groups in total. The van der Waals surface area contributed by atoms with E-state index in [1.807, 2.05) is 73.5 Å². The number of carbonyl (C=O) groups is 1. The number of carbonyl (C=O) groups excluding carboxylic acids is 1. The first-order valence-electron chi connectivity index (χ1n) is 10.6. The minimum absolute atomic E-state index is 0.0970. The molecule has 1 saturated heterocycles. The van der Waals surface area contributed by atoms with Crippen molar-refractivity contribution < 1.29 is 14.3 Å². The van der Waals surface area contributed by atoms with Crippen LogP contribution in [0.3, 0.4) is 0 Å². The van der Waals surface area contributed by atoms with Crippen molar-refractivity contribution in [3.63, 3.8) is 0 Å². The zero-order valence-electron chi connectivity index (χ0n) is 17.7. The largest absolute Gasteiger partial charge is 0.490 e. The summed E-state index contributed by atoms with van der Waals surface area (Å²) < 4.78 is 11.9. The standard InChI is InChI=1S/C24H32N2O3/c1-4-25(3)23(19-11-7-6-8-12-19)24(27)26-17-15-20(16-18-26)29-22-14-10-9-13-21(22)28-5-2/h6-14,20,23H,4-5,15-18H2,1-3H3. The molecule has 0 radical (unpaired) electrons. The quantitative estimate of drug-likeness (QED) is 0.672. The van der Waals surface area contributed by atoms with Crippen molar-refractivity contribution in [1.82, 2.24) is 9.80 Å². The zero-order chi connectivity index (χ0) is 20.6. The first-order valence-corrected chi connectivity index (χ1v) is 10.6. The summed E-state index contributed by atoms with van der Waals surface area (Å²) in [6.45, 7) is 6.90. The summed E-state index contributed by atoms with van der Waals surface area (Å²) >= 11 is 0. The predicted molar refractivity (Wildman–Crippen MR) is 115 cm³/mol. The van der Waals surface area contributed by atoms with Crippen LogP contribution in [0.15, 0.2) is 54.6 Å². The number of likely N-dealkylation sites (N-methyl/N-ethyl adjacent to an activating group) is 1. The van der Waals surface area contributed by atoms with Gasteiger partial charge in [0.25, 0.3) is 0 Å². The van der Waals surface area contributed by atoms with Gasteiger partial charge >= 0.3 is 0 Å². The first kappa shape index (κ1) is 21.2. The van der Waals surface area contributed by atoms with Crippen LogP contribution in [0.1, 0.15) is 38.3 Å². The van der Waals surface area contributed by atoms with Crippen LogP contribution < -0.4 is 9.47 Å². The Morgan fingerprint density at radius 3 is 2.28 bits per heavy atom. The first-order chi connectivity index (χ1) is 14.1. The monoisotopic (exact) mass is 396 g/mol. The molecule has 1 unspecified atom stereocenters. The number of hydrogen-bond acceptors (Lipinski definition) is 4. The van der Waals surface area contributed by atoms with Gasteiger partial charge in [0.2, 0.25) is 5.91 Å². The molecule has 156 valence electrons.